The molecule has 0 radical (unpaired) electrons. The number of nitrogens with zero attached hydrogens (tertiary/aromatic N) is 4. The molecule has 1 aliphatic heterocycles. The van der Waals surface area contributed by atoms with E-state index in [4.69, 9.17) is 4.74 Å². The molecule has 0 unspecified atom stereocenters. The van der Waals surface area contributed by atoms with Crippen molar-refractivity contribution in [1.82, 2.24) is 9.88 Å². The van der Waals surface area contributed by atoms with Gasteiger partial charge in [0.1, 0.15) is 11.4 Å². The summed E-state index contributed by atoms with van der Waals surface area (Å²) in [5, 5.41) is 13.6. The third kappa shape index (κ3) is 5.69. The van der Waals surface area contributed by atoms with E-state index in [0.717, 1.165) is 17.0 Å². The Labute approximate surface area is 184 Å². The van der Waals surface area contributed by atoms with E-state index in [1.807, 2.05) is 26.8 Å². The van der Waals surface area contributed by atoms with Crippen molar-refractivity contribution >= 4 is 40.5 Å². The third-order valence-electron chi connectivity index (χ3n) is 4.60. The number of aromatic nitrogens is 1. The molecule has 11 heteroatoms. The van der Waals surface area contributed by atoms with Crippen molar-refractivity contribution in [1.29, 1.82) is 0 Å². The highest BCUT2D eigenvalue weighted by Crippen LogP contribution is 2.28. The van der Waals surface area contributed by atoms with Crippen LogP contribution in [-0.4, -0.2) is 58.6 Å². The topological polar surface area (TPSA) is 118 Å². The van der Waals surface area contributed by atoms with Crippen LogP contribution in [0.1, 0.15) is 35.3 Å². The lowest BCUT2D eigenvalue weighted by molar-refractivity contribution is -0.385. The van der Waals surface area contributed by atoms with Crippen LogP contribution in [0, 0.1) is 17.0 Å². The van der Waals surface area contributed by atoms with Crippen LogP contribution in [0.2, 0.25) is 0 Å². The van der Waals surface area contributed by atoms with E-state index >= 15 is 0 Å². The zero-order chi connectivity index (χ0) is 22.8. The van der Waals surface area contributed by atoms with Crippen molar-refractivity contribution in [3.8, 4) is 0 Å². The average molecular weight is 448 g/mol. The van der Waals surface area contributed by atoms with Gasteiger partial charge in [0.2, 0.25) is 0 Å². The minimum absolute atomic E-state index is 0.0658. The molecule has 0 aliphatic carbocycles. The summed E-state index contributed by atoms with van der Waals surface area (Å²) in [6.07, 6.45) is 1.34. The molecule has 1 saturated heterocycles. The van der Waals surface area contributed by atoms with Gasteiger partial charge in [0, 0.05) is 32.2 Å². The molecule has 1 N–H and O–H groups in total. The number of piperazine rings is 1. The lowest BCUT2D eigenvalue weighted by Crippen LogP contribution is -2.50. The zero-order valence-electron chi connectivity index (χ0n) is 17.9. The van der Waals surface area contributed by atoms with E-state index in [1.165, 1.54) is 6.07 Å². The fraction of sp³-hybridized carbons (Fsp3) is 0.450. The van der Waals surface area contributed by atoms with Gasteiger partial charge in [-0.05, 0) is 39.8 Å². The maximum atomic E-state index is 12.4. The second-order valence-corrected chi connectivity index (χ2v) is 9.38. The molecule has 10 nitrogen and oxygen atoms in total. The SMILES string of the molecule is Cc1sc(C(=O)Nc2ccc(N3CCN(C(=O)OC(C)(C)C)CC3)cn2)cc1[N+](=O)[O-]. The molecule has 1 fully saturated rings. The Morgan fingerprint density at radius 3 is 2.42 bits per heavy atom. The molecular formula is C20H25N5O5S. The summed E-state index contributed by atoms with van der Waals surface area (Å²) in [6.45, 7) is 9.51. The lowest BCUT2D eigenvalue weighted by Gasteiger charge is -2.36. The van der Waals surface area contributed by atoms with Crippen LogP contribution in [0.5, 0.6) is 0 Å². The van der Waals surface area contributed by atoms with Gasteiger partial charge in [-0.1, -0.05) is 0 Å². The highest BCUT2D eigenvalue weighted by Gasteiger charge is 2.26. The highest BCUT2D eigenvalue weighted by atomic mass is 32.1. The minimum Gasteiger partial charge on any atom is -0.444 e. The first-order valence-electron chi connectivity index (χ1n) is 9.78. The number of carbonyl (C=O) groups excluding carboxylic acids is 2. The van der Waals surface area contributed by atoms with Gasteiger partial charge < -0.3 is 19.9 Å². The van der Waals surface area contributed by atoms with Gasteiger partial charge >= 0.3 is 6.09 Å². The number of aryl methyl sites for hydroxylation is 1. The van der Waals surface area contributed by atoms with E-state index in [1.54, 1.807) is 24.1 Å². The number of nitro groups is 1. The molecule has 0 bridgehead atoms. The van der Waals surface area contributed by atoms with Crippen LogP contribution in [-0.2, 0) is 4.74 Å². The number of pyridine rings is 1. The summed E-state index contributed by atoms with van der Waals surface area (Å²) in [5.74, 6) is -0.0812. The number of amides is 2. The largest absolute Gasteiger partial charge is 0.444 e. The molecule has 3 heterocycles. The molecule has 2 aromatic rings. The molecule has 166 valence electrons. The predicted molar refractivity (Wildman–Crippen MR) is 118 cm³/mol. The van der Waals surface area contributed by atoms with Crippen LogP contribution < -0.4 is 10.2 Å². The molecule has 31 heavy (non-hydrogen) atoms. The fourth-order valence-electron chi connectivity index (χ4n) is 3.06. The van der Waals surface area contributed by atoms with Crippen LogP contribution >= 0.6 is 11.3 Å². The summed E-state index contributed by atoms with van der Waals surface area (Å²) in [7, 11) is 0. The van der Waals surface area contributed by atoms with E-state index < -0.39 is 16.4 Å². The van der Waals surface area contributed by atoms with Gasteiger partial charge in [0.15, 0.2) is 0 Å². The molecule has 1 aliphatic rings. The molecule has 2 amide bonds. The number of ether oxygens (including phenoxy) is 1. The van der Waals surface area contributed by atoms with Crippen molar-refractivity contribution in [2.24, 2.45) is 0 Å². The maximum absolute atomic E-state index is 12.4. The van der Waals surface area contributed by atoms with Crippen molar-refractivity contribution in [2.45, 2.75) is 33.3 Å². The van der Waals surface area contributed by atoms with E-state index in [0.29, 0.717) is 36.9 Å². The van der Waals surface area contributed by atoms with Crippen LogP contribution in [0.4, 0.5) is 22.0 Å². The first-order valence-corrected chi connectivity index (χ1v) is 10.6. The van der Waals surface area contributed by atoms with Crippen LogP contribution in [0.3, 0.4) is 0 Å². The number of rotatable bonds is 4. The summed E-state index contributed by atoms with van der Waals surface area (Å²) in [6, 6.07) is 4.80. The fourth-order valence-corrected chi connectivity index (χ4v) is 3.95. The van der Waals surface area contributed by atoms with Gasteiger partial charge in [0.25, 0.3) is 11.6 Å². The minimum atomic E-state index is -0.523. The standard InChI is InChI=1S/C20H25N5O5S/c1-13-15(25(28)29)11-16(31-13)18(26)22-17-6-5-14(12-21-17)23-7-9-24(10-8-23)19(27)30-20(2,3)4/h5-6,11-12H,7-10H2,1-4H3,(H,21,22,26). The number of carbonyl (C=O) groups is 2. The second-order valence-electron chi connectivity index (χ2n) is 8.12. The van der Waals surface area contributed by atoms with Crippen molar-refractivity contribution in [3.05, 3.63) is 44.3 Å². The number of thiophene rings is 1. The first-order chi connectivity index (χ1) is 14.5. The first kappa shape index (κ1) is 22.5. The van der Waals surface area contributed by atoms with Gasteiger partial charge in [-0.3, -0.25) is 14.9 Å². The average Bonchev–Trinajstić information content (AvgIpc) is 3.10. The molecule has 3 rings (SSSR count). The van der Waals surface area contributed by atoms with E-state index in [9.17, 15) is 19.7 Å². The molecule has 0 aromatic carbocycles. The smallest absolute Gasteiger partial charge is 0.410 e. The second kappa shape index (κ2) is 8.88. The quantitative estimate of drug-likeness (QED) is 0.561. The van der Waals surface area contributed by atoms with E-state index in [-0.39, 0.29) is 16.7 Å². The van der Waals surface area contributed by atoms with Crippen molar-refractivity contribution in [2.75, 3.05) is 36.4 Å². The normalized spacial score (nSPS) is 14.3. The predicted octanol–water partition coefficient (Wildman–Crippen LogP) is 3.67. The monoisotopic (exact) mass is 447 g/mol. The van der Waals surface area contributed by atoms with Gasteiger partial charge in [0.05, 0.1) is 26.6 Å². The van der Waals surface area contributed by atoms with Gasteiger partial charge in [-0.15, -0.1) is 11.3 Å². The van der Waals surface area contributed by atoms with Crippen LogP contribution in [0.15, 0.2) is 24.4 Å². The molecule has 0 saturated carbocycles. The summed E-state index contributed by atoms with van der Waals surface area (Å²) in [5.41, 5.74) is 0.291. The maximum Gasteiger partial charge on any atom is 0.410 e. The number of nitrogens with one attached hydrogen (secondary N) is 1. The van der Waals surface area contributed by atoms with Gasteiger partial charge in [-0.2, -0.15) is 0 Å². The highest BCUT2D eigenvalue weighted by molar-refractivity contribution is 7.14. The summed E-state index contributed by atoms with van der Waals surface area (Å²) >= 11 is 1.07. The third-order valence-corrected chi connectivity index (χ3v) is 5.64. The zero-order valence-corrected chi connectivity index (χ0v) is 18.7. The Kier molecular flexibility index (Phi) is 6.44. The molecule has 0 spiro atoms. The van der Waals surface area contributed by atoms with Crippen LogP contribution in [0.25, 0.3) is 0 Å². The Hall–Kier alpha value is -3.21. The Morgan fingerprint density at radius 2 is 1.90 bits per heavy atom. The number of hydrogen-bond acceptors (Lipinski definition) is 8. The summed E-state index contributed by atoms with van der Waals surface area (Å²) < 4.78 is 5.41. The molecule has 0 atom stereocenters. The number of hydrogen-bond donors (Lipinski definition) is 1. The molecular weight excluding hydrogens is 422 g/mol. The lowest BCUT2D eigenvalue weighted by atomic mass is 10.2. The van der Waals surface area contributed by atoms with E-state index in [2.05, 4.69) is 15.2 Å². The van der Waals surface area contributed by atoms with Gasteiger partial charge in [-0.25, -0.2) is 9.78 Å². The van der Waals surface area contributed by atoms with Crippen molar-refractivity contribution in [3.63, 3.8) is 0 Å². The Bertz CT molecular complexity index is 975. The Morgan fingerprint density at radius 1 is 1.23 bits per heavy atom. The molecule has 2 aromatic heterocycles. The van der Waals surface area contributed by atoms with Crippen molar-refractivity contribution < 1.29 is 19.2 Å². The Balaban J connectivity index is 1.56. The summed E-state index contributed by atoms with van der Waals surface area (Å²) in [4.78, 5) is 43.8. The number of anilines is 2.